The smallest absolute Gasteiger partial charge is 0.254 e. The van der Waals surface area contributed by atoms with Gasteiger partial charge in [0.1, 0.15) is 11.6 Å². The minimum Gasteiger partial charge on any atom is -0.508 e. The number of nitrogens with one attached hydrogen (secondary N) is 1. The number of benzene rings is 2. The summed E-state index contributed by atoms with van der Waals surface area (Å²) < 4.78 is 13.9. The summed E-state index contributed by atoms with van der Waals surface area (Å²) in [6, 6.07) is 9.52. The van der Waals surface area contributed by atoms with Crippen molar-refractivity contribution >= 4 is 11.8 Å². The van der Waals surface area contributed by atoms with Gasteiger partial charge in [0.05, 0.1) is 5.56 Å². The number of nitrogens with zero attached hydrogens (tertiary/aromatic N) is 1. The van der Waals surface area contributed by atoms with Crippen LogP contribution in [0.3, 0.4) is 0 Å². The van der Waals surface area contributed by atoms with E-state index in [0.717, 1.165) is 61.5 Å². The van der Waals surface area contributed by atoms with Crippen LogP contribution in [0.1, 0.15) is 57.5 Å². The summed E-state index contributed by atoms with van der Waals surface area (Å²) in [4.78, 5) is 27.1. The van der Waals surface area contributed by atoms with Crippen LogP contribution in [0.2, 0.25) is 0 Å². The molecule has 158 valence electrons. The van der Waals surface area contributed by atoms with Crippen molar-refractivity contribution in [2.75, 3.05) is 13.1 Å². The molecule has 0 bridgehead atoms. The molecule has 2 N–H and O–H groups in total. The summed E-state index contributed by atoms with van der Waals surface area (Å²) >= 11 is 0. The summed E-state index contributed by atoms with van der Waals surface area (Å²) in [5.41, 5.74) is 3.04. The number of likely N-dealkylation sites (tertiary alicyclic amines) is 1. The predicted octanol–water partition coefficient (Wildman–Crippen LogP) is 3.96. The van der Waals surface area contributed by atoms with Gasteiger partial charge in [0.2, 0.25) is 0 Å². The van der Waals surface area contributed by atoms with Crippen LogP contribution in [0.15, 0.2) is 36.4 Å². The zero-order valence-corrected chi connectivity index (χ0v) is 17.4. The molecule has 2 aromatic rings. The normalized spacial score (nSPS) is 18.2. The van der Waals surface area contributed by atoms with Gasteiger partial charge < -0.3 is 15.3 Å². The first-order valence-corrected chi connectivity index (χ1v) is 10.4. The number of phenols is 1. The Kier molecular flexibility index (Phi) is 5.26. The number of rotatable bonds is 3. The van der Waals surface area contributed by atoms with Crippen molar-refractivity contribution in [3.63, 3.8) is 0 Å². The number of phenolic OH excluding ortho intramolecular Hbond substituents is 1. The Morgan fingerprint density at radius 2 is 1.70 bits per heavy atom. The van der Waals surface area contributed by atoms with Gasteiger partial charge in [-0.15, -0.1) is 0 Å². The molecule has 5 nitrogen and oxygen atoms in total. The molecule has 0 radical (unpaired) electrons. The van der Waals surface area contributed by atoms with Gasteiger partial charge in [0, 0.05) is 30.8 Å². The van der Waals surface area contributed by atoms with Crippen molar-refractivity contribution in [3.05, 3.63) is 64.5 Å². The van der Waals surface area contributed by atoms with Gasteiger partial charge in [0.15, 0.2) is 0 Å². The standard InChI is InChI=1S/C24H27FN2O3/c1-15-9-16(2)11-17(10-15)23(30)27-7-5-24(6-8-27)13-18(14-24)26-22(29)20-4-3-19(28)12-21(20)25/h3-4,9-12,18,28H,5-8,13-14H2,1-2H3,(H,26,29). The van der Waals surface area contributed by atoms with Crippen LogP contribution < -0.4 is 5.32 Å². The third-order valence-electron chi connectivity index (χ3n) is 6.47. The molecule has 6 heteroatoms. The number of aromatic hydroxyl groups is 1. The number of amides is 2. The van der Waals surface area contributed by atoms with E-state index in [9.17, 15) is 19.1 Å². The maximum atomic E-state index is 13.9. The Morgan fingerprint density at radius 3 is 2.30 bits per heavy atom. The molecule has 1 aliphatic heterocycles. The van der Waals surface area contributed by atoms with Crippen LogP contribution >= 0.6 is 0 Å². The van der Waals surface area contributed by atoms with Gasteiger partial charge in [0.25, 0.3) is 11.8 Å². The second kappa shape index (κ2) is 7.74. The molecule has 1 aliphatic carbocycles. The van der Waals surface area contributed by atoms with Crippen LogP contribution in [0, 0.1) is 25.1 Å². The highest BCUT2D eigenvalue weighted by Crippen LogP contribution is 2.49. The molecule has 2 amide bonds. The minimum atomic E-state index is -0.722. The van der Waals surface area contributed by atoms with E-state index in [-0.39, 0.29) is 28.7 Å². The molecule has 0 atom stereocenters. The average Bonchev–Trinajstić information content (AvgIpc) is 2.66. The van der Waals surface area contributed by atoms with E-state index in [1.165, 1.54) is 12.1 Å². The molecule has 1 saturated carbocycles. The first-order valence-electron chi connectivity index (χ1n) is 10.4. The summed E-state index contributed by atoms with van der Waals surface area (Å²) in [5.74, 6) is -1.29. The van der Waals surface area contributed by atoms with Gasteiger partial charge >= 0.3 is 0 Å². The average molecular weight is 410 g/mol. The molecule has 4 rings (SSSR count). The zero-order valence-electron chi connectivity index (χ0n) is 17.4. The van der Waals surface area contributed by atoms with Gasteiger partial charge in [-0.25, -0.2) is 4.39 Å². The molecule has 1 heterocycles. The van der Waals surface area contributed by atoms with Crippen molar-refractivity contribution in [2.24, 2.45) is 5.41 Å². The second-order valence-corrected chi connectivity index (χ2v) is 8.91. The van der Waals surface area contributed by atoms with E-state index >= 15 is 0 Å². The van der Waals surface area contributed by atoms with Crippen LogP contribution in [0.25, 0.3) is 0 Å². The molecule has 0 aromatic heterocycles. The monoisotopic (exact) mass is 410 g/mol. The summed E-state index contributed by atoms with van der Waals surface area (Å²) in [5, 5.41) is 12.2. The Hall–Kier alpha value is -2.89. The van der Waals surface area contributed by atoms with Gasteiger partial charge in [-0.3, -0.25) is 9.59 Å². The lowest BCUT2D eigenvalue weighted by Crippen LogP contribution is -2.55. The minimum absolute atomic E-state index is 0.0207. The summed E-state index contributed by atoms with van der Waals surface area (Å²) in [6.07, 6.45) is 3.54. The molecule has 30 heavy (non-hydrogen) atoms. The first kappa shape index (κ1) is 20.4. The molecule has 0 unspecified atom stereocenters. The van der Waals surface area contributed by atoms with Crippen LogP contribution in [-0.2, 0) is 0 Å². The number of hydrogen-bond acceptors (Lipinski definition) is 3. The highest BCUT2D eigenvalue weighted by molar-refractivity contribution is 5.95. The van der Waals surface area contributed by atoms with Crippen LogP contribution in [0.4, 0.5) is 4.39 Å². The highest BCUT2D eigenvalue weighted by Gasteiger charge is 2.47. The Morgan fingerprint density at radius 1 is 1.07 bits per heavy atom. The molecule has 1 spiro atoms. The summed E-state index contributed by atoms with van der Waals surface area (Å²) in [6.45, 7) is 5.45. The van der Waals surface area contributed by atoms with E-state index < -0.39 is 11.7 Å². The lowest BCUT2D eigenvalue weighted by molar-refractivity contribution is 0.00859. The van der Waals surface area contributed by atoms with Crippen molar-refractivity contribution < 1.29 is 19.1 Å². The number of hydrogen-bond donors (Lipinski definition) is 2. The molecular weight excluding hydrogens is 383 g/mol. The number of carbonyl (C=O) groups is 2. The number of aryl methyl sites for hydroxylation is 2. The van der Waals surface area contributed by atoms with Crippen molar-refractivity contribution in [3.8, 4) is 5.75 Å². The lowest BCUT2D eigenvalue weighted by Gasteiger charge is -2.52. The fourth-order valence-corrected chi connectivity index (χ4v) is 4.91. The van der Waals surface area contributed by atoms with Crippen LogP contribution in [0.5, 0.6) is 5.75 Å². The maximum Gasteiger partial charge on any atom is 0.254 e. The fourth-order valence-electron chi connectivity index (χ4n) is 4.91. The third-order valence-corrected chi connectivity index (χ3v) is 6.47. The van der Waals surface area contributed by atoms with Gasteiger partial charge in [-0.1, -0.05) is 17.2 Å². The van der Waals surface area contributed by atoms with E-state index in [2.05, 4.69) is 11.4 Å². The Labute approximate surface area is 175 Å². The van der Waals surface area contributed by atoms with E-state index in [0.29, 0.717) is 0 Å². The molecule has 2 fully saturated rings. The molecule has 1 saturated heterocycles. The topological polar surface area (TPSA) is 69.6 Å². The zero-order chi connectivity index (χ0) is 21.5. The molecule has 2 aromatic carbocycles. The quantitative estimate of drug-likeness (QED) is 0.805. The Balaban J connectivity index is 1.30. The van der Waals surface area contributed by atoms with Crippen LogP contribution in [-0.4, -0.2) is 41.0 Å². The SMILES string of the molecule is Cc1cc(C)cc(C(=O)N2CCC3(CC2)CC(NC(=O)c2ccc(O)cc2F)C3)c1. The van der Waals surface area contributed by atoms with E-state index in [4.69, 9.17) is 0 Å². The first-order chi connectivity index (χ1) is 14.2. The second-order valence-electron chi connectivity index (χ2n) is 8.91. The number of carbonyl (C=O) groups excluding carboxylic acids is 2. The predicted molar refractivity (Wildman–Crippen MR) is 112 cm³/mol. The Bertz CT molecular complexity index is 968. The number of halogens is 1. The van der Waals surface area contributed by atoms with Gasteiger partial charge in [-0.2, -0.15) is 0 Å². The van der Waals surface area contributed by atoms with Crippen molar-refractivity contribution in [1.29, 1.82) is 0 Å². The highest BCUT2D eigenvalue weighted by atomic mass is 19.1. The molecule has 2 aliphatic rings. The third kappa shape index (κ3) is 4.04. The summed E-state index contributed by atoms with van der Waals surface area (Å²) in [7, 11) is 0. The largest absolute Gasteiger partial charge is 0.508 e. The van der Waals surface area contributed by atoms with Crippen molar-refractivity contribution in [2.45, 2.75) is 45.6 Å². The fraction of sp³-hybridized carbons (Fsp3) is 0.417. The van der Waals surface area contributed by atoms with E-state index in [1.54, 1.807) is 0 Å². The molecular formula is C24H27FN2O3. The lowest BCUT2D eigenvalue weighted by atomic mass is 9.60. The number of piperidine rings is 1. The maximum absolute atomic E-state index is 13.9. The van der Waals surface area contributed by atoms with Gasteiger partial charge in [-0.05, 0) is 69.2 Å². The van der Waals surface area contributed by atoms with E-state index in [1.807, 2.05) is 30.9 Å². The van der Waals surface area contributed by atoms with Crippen molar-refractivity contribution in [1.82, 2.24) is 10.2 Å².